The van der Waals surface area contributed by atoms with Gasteiger partial charge >= 0.3 is 23.3 Å². The number of carbonyl (C=O) groups is 1. The summed E-state index contributed by atoms with van der Waals surface area (Å²) in [5.74, 6) is -0.0813. The minimum atomic E-state index is -5.51. The molecule has 1 amide bonds. The van der Waals surface area contributed by atoms with Crippen LogP contribution < -0.4 is 21.1 Å². The van der Waals surface area contributed by atoms with E-state index in [1.807, 2.05) is 0 Å². The molecule has 3 heterocycles. The predicted molar refractivity (Wildman–Crippen MR) is 132 cm³/mol. The molecule has 226 valence electrons. The standard InChI is InChI=1S/C16H28N7O14P3/c1-2-9(24)17-4-3-5-18-16-20-13-10(14(27)21-16)19-7-23(13)15-12(26)11(25)8(36-15)6-35-40(33,34)37-39(31,32)22-38(28,29)30/h7-8,11-12,15,25-26H,2-6H2,1H3,(H,17,24)(H,33,34)(H2,18,20,21,27)(H4,22,28,29,30,31,32). The maximum absolute atomic E-state index is 12.5. The first kappa shape index (κ1) is 32.4. The molecule has 6 unspecified atom stereocenters. The Morgan fingerprint density at radius 2 is 1.88 bits per heavy atom. The van der Waals surface area contributed by atoms with Crippen molar-refractivity contribution in [1.29, 1.82) is 0 Å². The van der Waals surface area contributed by atoms with Crippen LogP contribution >= 0.6 is 23.3 Å². The van der Waals surface area contributed by atoms with E-state index in [2.05, 4.69) is 34.4 Å². The van der Waals surface area contributed by atoms with Crippen LogP contribution in [0.5, 0.6) is 0 Å². The number of ether oxygens (including phenoxy) is 1. The number of nitrogens with one attached hydrogen (secondary N) is 4. The fraction of sp³-hybridized carbons (Fsp3) is 0.625. The van der Waals surface area contributed by atoms with Crippen molar-refractivity contribution in [2.75, 3.05) is 25.0 Å². The number of anilines is 1. The lowest BCUT2D eigenvalue weighted by molar-refractivity contribution is -0.120. The lowest BCUT2D eigenvalue weighted by Crippen LogP contribution is -2.33. The number of aliphatic hydroxyl groups is 2. The monoisotopic (exact) mass is 635 g/mol. The third-order valence-corrected chi connectivity index (χ3v) is 9.44. The van der Waals surface area contributed by atoms with Gasteiger partial charge in [0.2, 0.25) is 11.9 Å². The van der Waals surface area contributed by atoms with Crippen LogP contribution in [0, 0.1) is 0 Å². The van der Waals surface area contributed by atoms with Crippen molar-refractivity contribution < 1.29 is 61.8 Å². The quantitative estimate of drug-likeness (QED) is 0.0791. The summed E-state index contributed by atoms with van der Waals surface area (Å²) in [5.41, 5.74) is -0.853. The van der Waals surface area contributed by atoms with Gasteiger partial charge in [-0.1, -0.05) is 6.92 Å². The minimum absolute atomic E-state index is 0.0321. The topological polar surface area (TPSA) is 317 Å². The molecule has 1 saturated heterocycles. The van der Waals surface area contributed by atoms with Gasteiger partial charge in [0, 0.05) is 19.5 Å². The number of imidazole rings is 1. The van der Waals surface area contributed by atoms with Gasteiger partial charge in [0.15, 0.2) is 17.4 Å². The van der Waals surface area contributed by atoms with Crippen molar-refractivity contribution in [3.8, 4) is 0 Å². The molecule has 0 saturated carbocycles. The molecule has 2 aromatic rings. The van der Waals surface area contributed by atoms with Crippen molar-refractivity contribution in [3.63, 3.8) is 0 Å². The number of hydrogen-bond acceptors (Lipinski definition) is 13. The highest BCUT2D eigenvalue weighted by Gasteiger charge is 2.46. The number of phosphoric ester groups is 1. The van der Waals surface area contributed by atoms with Crippen LogP contribution in [0.2, 0.25) is 0 Å². The largest absolute Gasteiger partial charge is 0.480 e. The van der Waals surface area contributed by atoms with Gasteiger partial charge in [-0.25, -0.2) is 18.7 Å². The predicted octanol–water partition coefficient (Wildman–Crippen LogP) is -2.02. The van der Waals surface area contributed by atoms with Gasteiger partial charge in [-0.3, -0.25) is 23.7 Å². The normalized spacial score (nSPS) is 24.5. The van der Waals surface area contributed by atoms with Crippen LogP contribution in [0.4, 0.5) is 5.95 Å². The highest BCUT2D eigenvalue weighted by Crippen LogP contribution is 2.61. The first-order valence-electron chi connectivity index (χ1n) is 11.4. The van der Waals surface area contributed by atoms with Gasteiger partial charge in [0.05, 0.1) is 12.9 Å². The smallest absolute Gasteiger partial charge is 0.387 e. The molecule has 1 aliphatic heterocycles. The fourth-order valence-corrected chi connectivity index (χ4v) is 6.89. The van der Waals surface area contributed by atoms with Crippen LogP contribution in [0.1, 0.15) is 26.0 Å². The Balaban J connectivity index is 1.68. The summed E-state index contributed by atoms with van der Waals surface area (Å²) in [4.78, 5) is 71.6. The number of aliphatic hydroxyl groups excluding tert-OH is 2. The Labute approximate surface area is 224 Å². The molecule has 6 atom stereocenters. The highest BCUT2D eigenvalue weighted by atomic mass is 31.3. The Kier molecular flexibility index (Phi) is 10.4. The van der Waals surface area contributed by atoms with E-state index in [4.69, 9.17) is 14.5 Å². The fourth-order valence-electron chi connectivity index (χ4n) is 3.45. The zero-order valence-electron chi connectivity index (χ0n) is 20.6. The lowest BCUT2D eigenvalue weighted by atomic mass is 10.1. The SMILES string of the molecule is CCC(=O)NCCCNc1nc2c(ncn2C2OC(COP(=O)(O)OP(=O)(O)NP(=O)(O)O)C(O)C2O)c(=O)[nH]1. The van der Waals surface area contributed by atoms with Gasteiger partial charge in [-0.05, 0) is 6.42 Å². The molecule has 0 aromatic carbocycles. The van der Waals surface area contributed by atoms with E-state index in [0.717, 1.165) is 15.8 Å². The van der Waals surface area contributed by atoms with E-state index >= 15 is 0 Å². The molecular weight excluding hydrogens is 607 g/mol. The molecule has 0 radical (unpaired) electrons. The van der Waals surface area contributed by atoms with Crippen molar-refractivity contribution in [2.24, 2.45) is 0 Å². The van der Waals surface area contributed by atoms with E-state index in [0.29, 0.717) is 25.9 Å². The molecule has 0 aliphatic carbocycles. The molecular formula is C16H28N7O14P3. The second-order valence-electron chi connectivity index (χ2n) is 8.28. The summed E-state index contributed by atoms with van der Waals surface area (Å²) in [6, 6.07) is 0. The number of H-pyrrole nitrogens is 1. The number of phosphoric acid groups is 1. The maximum atomic E-state index is 12.5. The maximum Gasteiger partial charge on any atom is 0.480 e. The van der Waals surface area contributed by atoms with Crippen LogP contribution in [-0.2, 0) is 32.1 Å². The zero-order valence-corrected chi connectivity index (χ0v) is 23.2. The number of hydrogen-bond donors (Lipinski definition) is 10. The summed E-state index contributed by atoms with van der Waals surface area (Å²) < 4.78 is 49.4. The molecule has 10 N–H and O–H groups in total. The number of nitrogens with zero attached hydrogens (tertiary/aromatic N) is 3. The highest BCUT2D eigenvalue weighted by molar-refractivity contribution is 7.70. The molecule has 1 aliphatic rings. The molecule has 2 aromatic heterocycles. The van der Waals surface area contributed by atoms with E-state index in [1.165, 1.54) is 0 Å². The molecule has 24 heteroatoms. The summed E-state index contributed by atoms with van der Waals surface area (Å²) >= 11 is 0. The van der Waals surface area contributed by atoms with E-state index in [9.17, 15) is 43.3 Å². The number of fused-ring (bicyclic) bond motifs is 1. The number of aromatic nitrogens is 4. The van der Waals surface area contributed by atoms with Crippen molar-refractivity contribution >= 4 is 46.3 Å². The van der Waals surface area contributed by atoms with Gasteiger partial charge in [0.25, 0.3) is 5.56 Å². The third-order valence-electron chi connectivity index (χ3n) is 5.21. The number of aromatic amines is 1. The van der Waals surface area contributed by atoms with Gasteiger partial charge < -0.3 is 45.2 Å². The summed E-state index contributed by atoms with van der Waals surface area (Å²) in [5, 5.41) is 26.4. The van der Waals surface area contributed by atoms with Crippen LogP contribution in [-0.4, -0.2) is 93.2 Å². The van der Waals surface area contributed by atoms with Crippen molar-refractivity contribution in [2.45, 2.75) is 44.3 Å². The van der Waals surface area contributed by atoms with Crippen LogP contribution in [0.15, 0.2) is 11.1 Å². The second-order valence-corrected chi connectivity index (χ2v) is 13.1. The molecule has 1 fully saturated rings. The van der Waals surface area contributed by atoms with Crippen LogP contribution in [0.25, 0.3) is 11.2 Å². The molecule has 3 rings (SSSR count). The van der Waals surface area contributed by atoms with Crippen molar-refractivity contribution in [3.05, 3.63) is 16.7 Å². The summed E-state index contributed by atoms with van der Waals surface area (Å²) in [6.07, 6.45) is -4.48. The Morgan fingerprint density at radius 1 is 1.18 bits per heavy atom. The van der Waals surface area contributed by atoms with Crippen LogP contribution in [0.3, 0.4) is 0 Å². The average molecular weight is 635 g/mol. The summed E-state index contributed by atoms with van der Waals surface area (Å²) in [6.45, 7) is 1.42. The average Bonchev–Trinajstić information content (AvgIpc) is 3.36. The molecule has 40 heavy (non-hydrogen) atoms. The lowest BCUT2D eigenvalue weighted by Gasteiger charge is -2.19. The second kappa shape index (κ2) is 12.8. The van der Waals surface area contributed by atoms with E-state index in [-0.39, 0.29) is 23.0 Å². The van der Waals surface area contributed by atoms with Gasteiger partial charge in [0.1, 0.15) is 18.3 Å². The van der Waals surface area contributed by atoms with Gasteiger partial charge in [-0.2, -0.15) is 9.29 Å². The summed E-state index contributed by atoms with van der Waals surface area (Å²) in [7, 11) is -16.3. The first-order valence-corrected chi connectivity index (χ1v) is 16.1. The van der Waals surface area contributed by atoms with E-state index < -0.39 is 60.0 Å². The molecule has 0 bridgehead atoms. The van der Waals surface area contributed by atoms with E-state index in [1.54, 1.807) is 6.92 Å². The Morgan fingerprint density at radius 3 is 2.52 bits per heavy atom. The first-order chi connectivity index (χ1) is 18.5. The Hall–Kier alpha value is -2.09. The zero-order chi connectivity index (χ0) is 29.9. The van der Waals surface area contributed by atoms with Gasteiger partial charge in [-0.15, -0.1) is 4.86 Å². The third kappa shape index (κ3) is 8.70. The number of rotatable bonds is 14. The van der Waals surface area contributed by atoms with Crippen molar-refractivity contribution in [1.82, 2.24) is 29.7 Å². The molecule has 0 spiro atoms. The molecule has 21 nitrogen and oxygen atoms in total. The number of carbonyl (C=O) groups excluding carboxylic acids is 1. The minimum Gasteiger partial charge on any atom is -0.387 e. The number of amides is 1. The Bertz CT molecular complexity index is 1410.